The van der Waals surface area contributed by atoms with Crippen molar-refractivity contribution in [2.75, 3.05) is 20.2 Å². The van der Waals surface area contributed by atoms with Crippen LogP contribution in [0.25, 0.3) is 10.4 Å². The molecule has 0 unspecified atom stereocenters. The second-order valence-corrected chi connectivity index (χ2v) is 5.47. The fourth-order valence-corrected chi connectivity index (χ4v) is 2.95. The van der Waals surface area contributed by atoms with Crippen LogP contribution in [0.15, 0.2) is 36.4 Å². The minimum absolute atomic E-state index is 0.0168. The Bertz CT molecular complexity index is 577. The molecule has 1 amide bonds. The number of rotatable bonds is 5. The first-order valence-electron chi connectivity index (χ1n) is 6.74. The van der Waals surface area contributed by atoms with Crippen molar-refractivity contribution in [3.05, 3.63) is 41.3 Å². The highest BCUT2D eigenvalue weighted by Gasteiger charge is 2.20. The van der Waals surface area contributed by atoms with E-state index >= 15 is 0 Å². The summed E-state index contributed by atoms with van der Waals surface area (Å²) in [7, 11) is 1.81. The van der Waals surface area contributed by atoms with E-state index in [4.69, 9.17) is 4.74 Å². The molecule has 1 heterocycles. The summed E-state index contributed by atoms with van der Waals surface area (Å²) in [6, 6.07) is 12.0. The van der Waals surface area contributed by atoms with E-state index in [1.807, 2.05) is 50.2 Å². The number of ether oxygens (including phenoxy) is 1. The zero-order valence-corrected chi connectivity index (χ0v) is 12.9. The zero-order valence-electron chi connectivity index (χ0n) is 12.1. The number of carbonyl (C=O) groups excluding carboxylic acids is 1. The van der Waals surface area contributed by atoms with E-state index in [-0.39, 0.29) is 5.91 Å². The Morgan fingerprint density at radius 2 is 1.95 bits per heavy atom. The molecule has 0 fully saturated rings. The lowest BCUT2D eigenvalue weighted by molar-refractivity contribution is 0.0803. The van der Waals surface area contributed by atoms with Crippen LogP contribution in [0.3, 0.4) is 0 Å². The molecule has 0 spiro atoms. The van der Waals surface area contributed by atoms with Crippen molar-refractivity contribution in [2.24, 2.45) is 0 Å². The summed E-state index contributed by atoms with van der Waals surface area (Å²) in [5, 5.41) is 0. The smallest absolute Gasteiger partial charge is 0.267 e. The minimum Gasteiger partial charge on any atom is -0.492 e. The maximum Gasteiger partial charge on any atom is 0.267 e. The second kappa shape index (κ2) is 6.57. The van der Waals surface area contributed by atoms with Crippen molar-refractivity contribution in [1.29, 1.82) is 0 Å². The van der Waals surface area contributed by atoms with Gasteiger partial charge in [-0.1, -0.05) is 30.3 Å². The summed E-state index contributed by atoms with van der Waals surface area (Å²) in [6.45, 7) is 5.13. The van der Waals surface area contributed by atoms with Gasteiger partial charge in [-0.3, -0.25) is 4.79 Å². The van der Waals surface area contributed by atoms with Crippen LogP contribution in [0.4, 0.5) is 0 Å². The molecule has 0 aliphatic carbocycles. The summed E-state index contributed by atoms with van der Waals surface area (Å²) in [6.07, 6.45) is 0. The molecule has 20 heavy (non-hydrogen) atoms. The highest BCUT2D eigenvalue weighted by molar-refractivity contribution is 7.17. The Morgan fingerprint density at radius 1 is 1.25 bits per heavy atom. The average molecular weight is 289 g/mol. The van der Waals surface area contributed by atoms with E-state index in [1.165, 1.54) is 11.3 Å². The quantitative estimate of drug-likeness (QED) is 0.835. The molecule has 2 aromatic rings. The molecule has 3 nitrogen and oxygen atoms in total. The predicted octanol–water partition coefficient (Wildman–Crippen LogP) is 3.91. The molecule has 0 radical (unpaired) electrons. The normalized spacial score (nSPS) is 10.3. The van der Waals surface area contributed by atoms with Gasteiger partial charge in [0.25, 0.3) is 5.91 Å². The van der Waals surface area contributed by atoms with Crippen LogP contribution in [0, 0.1) is 0 Å². The van der Waals surface area contributed by atoms with Crippen molar-refractivity contribution < 1.29 is 9.53 Å². The lowest BCUT2D eigenvalue weighted by atomic mass is 10.2. The van der Waals surface area contributed by atoms with E-state index < -0.39 is 0 Å². The first-order valence-corrected chi connectivity index (χ1v) is 7.56. The summed E-state index contributed by atoms with van der Waals surface area (Å²) in [5.41, 5.74) is 1.11. The second-order valence-electron chi connectivity index (χ2n) is 4.42. The summed E-state index contributed by atoms with van der Waals surface area (Å²) in [4.78, 5) is 15.8. The Hall–Kier alpha value is -1.81. The van der Waals surface area contributed by atoms with Crippen LogP contribution in [-0.2, 0) is 0 Å². The van der Waals surface area contributed by atoms with E-state index in [1.54, 1.807) is 11.9 Å². The van der Waals surface area contributed by atoms with E-state index in [0.717, 1.165) is 10.4 Å². The first kappa shape index (κ1) is 14.6. The lowest BCUT2D eigenvalue weighted by Crippen LogP contribution is -2.25. The molecule has 0 saturated heterocycles. The van der Waals surface area contributed by atoms with Crippen molar-refractivity contribution in [3.8, 4) is 16.2 Å². The minimum atomic E-state index is 0.0168. The third-order valence-electron chi connectivity index (χ3n) is 3.07. The van der Waals surface area contributed by atoms with Gasteiger partial charge in [0.1, 0.15) is 10.6 Å². The third-order valence-corrected chi connectivity index (χ3v) is 4.22. The van der Waals surface area contributed by atoms with Crippen LogP contribution in [0.5, 0.6) is 5.75 Å². The van der Waals surface area contributed by atoms with Gasteiger partial charge in [0.15, 0.2) is 0 Å². The number of carbonyl (C=O) groups is 1. The van der Waals surface area contributed by atoms with Crippen LogP contribution in [0.2, 0.25) is 0 Å². The van der Waals surface area contributed by atoms with Crippen molar-refractivity contribution in [2.45, 2.75) is 13.8 Å². The molecular weight excluding hydrogens is 270 g/mol. The highest BCUT2D eigenvalue weighted by Crippen LogP contribution is 2.36. The van der Waals surface area contributed by atoms with Gasteiger partial charge in [0, 0.05) is 18.5 Å². The Balaban J connectivity index is 2.41. The number of thiophene rings is 1. The molecule has 1 aromatic heterocycles. The number of amides is 1. The molecule has 0 N–H and O–H groups in total. The summed E-state index contributed by atoms with van der Waals surface area (Å²) < 4.78 is 5.62. The largest absolute Gasteiger partial charge is 0.492 e. The Kier molecular flexibility index (Phi) is 4.79. The summed E-state index contributed by atoms with van der Waals surface area (Å²) >= 11 is 1.49. The molecule has 0 atom stereocenters. The lowest BCUT2D eigenvalue weighted by Gasteiger charge is -2.14. The number of benzene rings is 1. The highest BCUT2D eigenvalue weighted by atomic mass is 32.1. The fourth-order valence-electron chi connectivity index (χ4n) is 1.85. The molecule has 2 rings (SSSR count). The Labute approximate surface area is 123 Å². The number of hydrogen-bond donors (Lipinski definition) is 0. The fraction of sp³-hybridized carbons (Fsp3) is 0.312. The molecular formula is C16H19NO2S. The van der Waals surface area contributed by atoms with Crippen molar-refractivity contribution >= 4 is 17.2 Å². The standard InChI is InChI=1S/C16H19NO2S/c1-4-17(3)16(18)15-13(19-5-2)11-14(20-15)12-9-7-6-8-10-12/h6-11H,4-5H2,1-3H3. The molecule has 4 heteroatoms. The predicted molar refractivity (Wildman–Crippen MR) is 83.6 cm³/mol. The zero-order chi connectivity index (χ0) is 14.5. The van der Waals surface area contributed by atoms with Gasteiger partial charge in [-0.2, -0.15) is 0 Å². The van der Waals surface area contributed by atoms with Gasteiger partial charge in [0.2, 0.25) is 0 Å². The molecule has 0 aliphatic rings. The monoisotopic (exact) mass is 289 g/mol. The maximum atomic E-state index is 12.4. The average Bonchev–Trinajstić information content (AvgIpc) is 2.91. The van der Waals surface area contributed by atoms with Gasteiger partial charge in [-0.15, -0.1) is 11.3 Å². The Morgan fingerprint density at radius 3 is 2.55 bits per heavy atom. The van der Waals surface area contributed by atoms with Gasteiger partial charge < -0.3 is 9.64 Å². The van der Waals surface area contributed by atoms with Crippen molar-refractivity contribution in [1.82, 2.24) is 4.90 Å². The SMILES string of the molecule is CCOc1cc(-c2ccccc2)sc1C(=O)N(C)CC. The molecule has 0 saturated carbocycles. The van der Waals surface area contributed by atoms with Crippen LogP contribution < -0.4 is 4.74 Å². The van der Waals surface area contributed by atoms with E-state index in [0.29, 0.717) is 23.8 Å². The van der Waals surface area contributed by atoms with Crippen LogP contribution in [0.1, 0.15) is 23.5 Å². The number of nitrogens with zero attached hydrogens (tertiary/aromatic N) is 1. The first-order chi connectivity index (χ1) is 9.67. The molecule has 0 bridgehead atoms. The van der Waals surface area contributed by atoms with Gasteiger partial charge in [-0.25, -0.2) is 0 Å². The van der Waals surface area contributed by atoms with E-state index in [9.17, 15) is 4.79 Å². The topological polar surface area (TPSA) is 29.5 Å². The third kappa shape index (κ3) is 3.02. The molecule has 0 aliphatic heterocycles. The van der Waals surface area contributed by atoms with E-state index in [2.05, 4.69) is 0 Å². The number of hydrogen-bond acceptors (Lipinski definition) is 3. The van der Waals surface area contributed by atoms with Crippen LogP contribution >= 0.6 is 11.3 Å². The van der Waals surface area contributed by atoms with Gasteiger partial charge in [-0.05, 0) is 25.5 Å². The molecule has 106 valence electrons. The van der Waals surface area contributed by atoms with Gasteiger partial charge in [0.05, 0.1) is 6.61 Å². The van der Waals surface area contributed by atoms with Crippen molar-refractivity contribution in [3.63, 3.8) is 0 Å². The maximum absolute atomic E-state index is 12.4. The van der Waals surface area contributed by atoms with Crippen LogP contribution in [-0.4, -0.2) is 31.0 Å². The molecule has 1 aromatic carbocycles. The van der Waals surface area contributed by atoms with Gasteiger partial charge >= 0.3 is 0 Å². The summed E-state index contributed by atoms with van der Waals surface area (Å²) in [5.74, 6) is 0.699.